The summed E-state index contributed by atoms with van der Waals surface area (Å²) in [5, 5.41) is 17.8. The summed E-state index contributed by atoms with van der Waals surface area (Å²) in [6.45, 7) is 1.70. The van der Waals surface area contributed by atoms with Gasteiger partial charge in [-0.3, -0.25) is 4.79 Å². The number of aryl methyl sites for hydroxylation is 1. The summed E-state index contributed by atoms with van der Waals surface area (Å²) in [5.74, 6) is -0.943. The fourth-order valence-electron chi connectivity index (χ4n) is 1.86. The molecule has 0 aliphatic heterocycles. The molecule has 1 aromatic carbocycles. The summed E-state index contributed by atoms with van der Waals surface area (Å²) in [4.78, 5) is 10.3. The average Bonchev–Trinajstić information content (AvgIpc) is 2.42. The molecule has 21 heavy (non-hydrogen) atoms. The highest BCUT2D eigenvalue weighted by atomic mass is 32.2. The van der Waals surface area contributed by atoms with Crippen molar-refractivity contribution in [2.75, 3.05) is 0 Å². The number of carbonyl (C=O) groups is 1. The van der Waals surface area contributed by atoms with E-state index in [9.17, 15) is 17.8 Å². The van der Waals surface area contributed by atoms with Crippen molar-refractivity contribution >= 4 is 16.1 Å². The van der Waals surface area contributed by atoms with E-state index in [1.54, 1.807) is 6.92 Å². The summed E-state index contributed by atoms with van der Waals surface area (Å²) in [5.41, 5.74) is 0.0426. The average molecular weight is 310 g/mol. The lowest BCUT2D eigenvalue weighted by Crippen LogP contribution is -2.16. The molecule has 1 aromatic rings. The van der Waals surface area contributed by atoms with Crippen LogP contribution in [0.15, 0.2) is 29.2 Å². The minimum absolute atomic E-state index is 0.0720. The minimum atomic E-state index is -4.45. The molecular weight excluding hydrogens is 294 g/mol. The van der Waals surface area contributed by atoms with Gasteiger partial charge in [0.05, 0.1) is 16.4 Å². The van der Waals surface area contributed by atoms with Gasteiger partial charge in [-0.15, -0.1) is 0 Å². The van der Waals surface area contributed by atoms with Crippen LogP contribution in [0.3, 0.4) is 0 Å². The van der Waals surface area contributed by atoms with E-state index in [4.69, 9.17) is 10.4 Å². The molecular formula is C14H16NO5S-. The minimum Gasteiger partial charge on any atom is -0.744 e. The molecule has 0 aliphatic carbocycles. The largest absolute Gasteiger partial charge is 0.744 e. The third-order valence-electron chi connectivity index (χ3n) is 3.34. The Bertz CT molecular complexity index is 645. The first kappa shape index (κ1) is 17.1. The zero-order valence-electron chi connectivity index (χ0n) is 11.6. The molecule has 1 unspecified atom stereocenters. The predicted molar refractivity (Wildman–Crippen MR) is 73.3 cm³/mol. The molecule has 0 heterocycles. The molecule has 114 valence electrons. The van der Waals surface area contributed by atoms with Crippen LogP contribution in [-0.4, -0.2) is 24.0 Å². The summed E-state index contributed by atoms with van der Waals surface area (Å²) in [7, 11) is -4.45. The first-order valence-electron chi connectivity index (χ1n) is 6.34. The van der Waals surface area contributed by atoms with E-state index in [1.807, 2.05) is 0 Å². The Hall–Kier alpha value is -1.91. The normalized spacial score (nSPS) is 14.1. The van der Waals surface area contributed by atoms with Crippen LogP contribution < -0.4 is 0 Å². The molecule has 0 fully saturated rings. The monoisotopic (exact) mass is 310 g/mol. The molecule has 0 aliphatic rings. The van der Waals surface area contributed by atoms with Crippen LogP contribution in [0, 0.1) is 16.7 Å². The number of hydrogen-bond acceptors (Lipinski definition) is 5. The van der Waals surface area contributed by atoms with Gasteiger partial charge < -0.3 is 9.66 Å². The van der Waals surface area contributed by atoms with Crippen molar-refractivity contribution in [1.82, 2.24) is 0 Å². The quantitative estimate of drug-likeness (QED) is 0.768. The van der Waals surface area contributed by atoms with Crippen molar-refractivity contribution in [3.63, 3.8) is 0 Å². The lowest BCUT2D eigenvalue weighted by molar-refractivity contribution is -0.137. The zero-order chi connectivity index (χ0) is 16.1. The number of rotatable bonds is 7. The van der Waals surface area contributed by atoms with E-state index in [-0.39, 0.29) is 17.7 Å². The SMILES string of the molecule is CC(C#N)(CCC(=O)O)CCc1ccc(S(=O)(=O)[O-])cc1. The lowest BCUT2D eigenvalue weighted by Gasteiger charge is -2.20. The van der Waals surface area contributed by atoms with Crippen molar-refractivity contribution < 1.29 is 22.9 Å². The number of benzene rings is 1. The van der Waals surface area contributed by atoms with Gasteiger partial charge in [-0.2, -0.15) is 5.26 Å². The van der Waals surface area contributed by atoms with Crippen LogP contribution in [0.4, 0.5) is 0 Å². The van der Waals surface area contributed by atoms with Crippen molar-refractivity contribution in [3.8, 4) is 6.07 Å². The molecule has 1 rings (SSSR count). The Morgan fingerprint density at radius 2 is 1.90 bits per heavy atom. The fraction of sp³-hybridized carbons (Fsp3) is 0.429. The molecule has 1 atom stereocenters. The van der Waals surface area contributed by atoms with E-state index in [0.29, 0.717) is 12.8 Å². The summed E-state index contributed by atoms with van der Waals surface area (Å²) in [6.07, 6.45) is 1.15. The lowest BCUT2D eigenvalue weighted by atomic mass is 9.81. The molecule has 0 spiro atoms. The van der Waals surface area contributed by atoms with E-state index in [2.05, 4.69) is 6.07 Å². The smallest absolute Gasteiger partial charge is 0.303 e. The Balaban J connectivity index is 2.69. The standard InChI is InChI=1S/C14H17NO5S/c1-14(10-15,9-7-13(16)17)8-6-11-2-4-12(5-3-11)21(18,19)20/h2-5H,6-9H2,1H3,(H,16,17)(H,18,19,20)/p-1. The second-order valence-corrected chi connectivity index (χ2v) is 6.54. The number of aliphatic carboxylic acids is 1. The van der Waals surface area contributed by atoms with Gasteiger partial charge in [0, 0.05) is 6.42 Å². The molecule has 0 bridgehead atoms. The van der Waals surface area contributed by atoms with Crippen molar-refractivity contribution in [2.24, 2.45) is 5.41 Å². The second kappa shape index (κ2) is 6.70. The zero-order valence-corrected chi connectivity index (χ0v) is 12.4. The van der Waals surface area contributed by atoms with Crippen LogP contribution in [0.25, 0.3) is 0 Å². The number of nitriles is 1. The maximum absolute atomic E-state index is 10.8. The van der Waals surface area contributed by atoms with Crippen molar-refractivity contribution in [3.05, 3.63) is 29.8 Å². The van der Waals surface area contributed by atoms with Gasteiger partial charge in [-0.05, 0) is 43.9 Å². The van der Waals surface area contributed by atoms with Gasteiger partial charge in [-0.25, -0.2) is 8.42 Å². The van der Waals surface area contributed by atoms with Crippen molar-refractivity contribution in [1.29, 1.82) is 5.26 Å². The molecule has 1 N–H and O–H groups in total. The van der Waals surface area contributed by atoms with Crippen LogP contribution >= 0.6 is 0 Å². The third kappa shape index (κ3) is 5.53. The molecule has 0 radical (unpaired) electrons. The molecule has 6 nitrogen and oxygen atoms in total. The third-order valence-corrected chi connectivity index (χ3v) is 4.19. The van der Waals surface area contributed by atoms with Crippen LogP contribution in [0.5, 0.6) is 0 Å². The maximum atomic E-state index is 10.8. The Morgan fingerprint density at radius 1 is 1.33 bits per heavy atom. The van der Waals surface area contributed by atoms with Gasteiger partial charge in [-0.1, -0.05) is 12.1 Å². The van der Waals surface area contributed by atoms with E-state index in [0.717, 1.165) is 5.56 Å². The number of carboxylic acid groups (broad SMARTS) is 1. The van der Waals surface area contributed by atoms with Crippen LogP contribution in [0.1, 0.15) is 31.7 Å². The van der Waals surface area contributed by atoms with Crippen LogP contribution in [0.2, 0.25) is 0 Å². The highest BCUT2D eigenvalue weighted by Crippen LogP contribution is 2.28. The fourth-order valence-corrected chi connectivity index (χ4v) is 2.33. The molecule has 0 aromatic heterocycles. The molecule has 0 amide bonds. The Morgan fingerprint density at radius 3 is 2.33 bits per heavy atom. The topological polar surface area (TPSA) is 118 Å². The van der Waals surface area contributed by atoms with Gasteiger partial charge in [0.15, 0.2) is 0 Å². The van der Waals surface area contributed by atoms with E-state index >= 15 is 0 Å². The van der Waals surface area contributed by atoms with Gasteiger partial charge in [0.1, 0.15) is 10.1 Å². The molecule has 7 heteroatoms. The molecule has 0 saturated heterocycles. The Kier molecular flexibility index (Phi) is 5.47. The first-order valence-corrected chi connectivity index (χ1v) is 7.75. The van der Waals surface area contributed by atoms with Gasteiger partial charge in [0.2, 0.25) is 0 Å². The van der Waals surface area contributed by atoms with Crippen molar-refractivity contribution in [2.45, 2.75) is 37.5 Å². The summed E-state index contributed by atoms with van der Waals surface area (Å²) in [6, 6.07) is 7.66. The van der Waals surface area contributed by atoms with E-state index in [1.165, 1.54) is 24.3 Å². The number of nitrogens with zero attached hydrogens (tertiary/aromatic N) is 1. The predicted octanol–water partition coefficient (Wildman–Crippen LogP) is 1.92. The maximum Gasteiger partial charge on any atom is 0.303 e. The molecule has 0 saturated carbocycles. The van der Waals surface area contributed by atoms with Gasteiger partial charge in [0.25, 0.3) is 0 Å². The Labute approximate surface area is 123 Å². The highest BCUT2D eigenvalue weighted by molar-refractivity contribution is 7.85. The highest BCUT2D eigenvalue weighted by Gasteiger charge is 2.24. The number of carboxylic acids is 1. The second-order valence-electron chi connectivity index (χ2n) is 5.16. The van der Waals surface area contributed by atoms with E-state index < -0.39 is 21.5 Å². The van der Waals surface area contributed by atoms with Gasteiger partial charge >= 0.3 is 5.97 Å². The first-order chi connectivity index (χ1) is 9.66. The van der Waals surface area contributed by atoms with Crippen LogP contribution in [-0.2, 0) is 21.3 Å². The summed E-state index contributed by atoms with van der Waals surface area (Å²) < 4.78 is 32.4. The number of hydrogen-bond donors (Lipinski definition) is 1. The summed E-state index contributed by atoms with van der Waals surface area (Å²) >= 11 is 0.